The third-order valence-corrected chi connectivity index (χ3v) is 3.38. The number of nitrogens with one attached hydrogen (secondary N) is 1. The van der Waals surface area contributed by atoms with Crippen LogP contribution in [0.2, 0.25) is 0 Å². The molecule has 3 heteroatoms. The molecule has 0 aromatic heterocycles. The molecule has 0 fully saturated rings. The number of rotatable bonds is 7. The van der Waals surface area contributed by atoms with Gasteiger partial charge in [0.15, 0.2) is 0 Å². The lowest BCUT2D eigenvalue weighted by atomic mass is 10.1. The topological polar surface area (TPSA) is 15.3 Å². The van der Waals surface area contributed by atoms with Gasteiger partial charge in [-0.15, -0.1) is 0 Å². The smallest absolute Gasteiger partial charge is 0.146 e. The van der Waals surface area contributed by atoms with Crippen LogP contribution in [0, 0.1) is 5.82 Å². The Kier molecular flexibility index (Phi) is 6.13. The minimum absolute atomic E-state index is 0.133. The molecule has 0 saturated heterocycles. The van der Waals surface area contributed by atoms with E-state index in [0.717, 1.165) is 31.6 Å². The number of anilines is 1. The zero-order valence-electron chi connectivity index (χ0n) is 12.0. The van der Waals surface area contributed by atoms with Crippen LogP contribution in [0.25, 0.3) is 0 Å². The van der Waals surface area contributed by atoms with Crippen molar-refractivity contribution in [2.45, 2.75) is 46.7 Å². The van der Waals surface area contributed by atoms with Crippen molar-refractivity contribution < 1.29 is 4.39 Å². The molecular weight excluding hydrogens is 227 g/mol. The van der Waals surface area contributed by atoms with Crippen LogP contribution in [-0.2, 0) is 6.54 Å². The van der Waals surface area contributed by atoms with Gasteiger partial charge < -0.3 is 10.2 Å². The first kappa shape index (κ1) is 15.0. The van der Waals surface area contributed by atoms with E-state index in [2.05, 4.69) is 19.2 Å². The van der Waals surface area contributed by atoms with Crippen molar-refractivity contribution >= 4 is 5.69 Å². The van der Waals surface area contributed by atoms with Gasteiger partial charge in [0, 0.05) is 25.7 Å². The molecule has 1 atom stereocenters. The van der Waals surface area contributed by atoms with E-state index in [1.165, 1.54) is 0 Å². The summed E-state index contributed by atoms with van der Waals surface area (Å²) in [5.74, 6) is -0.133. The molecule has 1 N–H and O–H groups in total. The Hall–Kier alpha value is -1.09. The zero-order chi connectivity index (χ0) is 13.5. The molecule has 0 spiro atoms. The predicted octanol–water partition coefficient (Wildman–Crippen LogP) is 3.56. The summed E-state index contributed by atoms with van der Waals surface area (Å²) in [6.07, 6.45) is 1.10. The molecular formula is C15H25FN2. The minimum Gasteiger partial charge on any atom is -0.370 e. The van der Waals surface area contributed by atoms with Crippen LogP contribution in [0.4, 0.5) is 10.1 Å². The molecule has 1 aromatic rings. The summed E-state index contributed by atoms with van der Waals surface area (Å²) in [5, 5.41) is 3.43. The molecule has 0 saturated carbocycles. The maximum absolute atomic E-state index is 13.8. The summed E-state index contributed by atoms with van der Waals surface area (Å²) >= 11 is 0. The maximum Gasteiger partial charge on any atom is 0.146 e. The van der Waals surface area contributed by atoms with Crippen molar-refractivity contribution in [1.29, 1.82) is 0 Å². The molecule has 1 rings (SSSR count). The molecule has 102 valence electrons. The maximum atomic E-state index is 13.8. The number of halogens is 1. The van der Waals surface area contributed by atoms with Gasteiger partial charge >= 0.3 is 0 Å². The third-order valence-electron chi connectivity index (χ3n) is 3.38. The van der Waals surface area contributed by atoms with E-state index < -0.39 is 0 Å². The SMILES string of the molecule is CCC(C)NCc1ccc(F)c(N(CC)CC)c1. The minimum atomic E-state index is -0.133. The highest BCUT2D eigenvalue weighted by molar-refractivity contribution is 5.49. The van der Waals surface area contributed by atoms with Crippen LogP contribution in [0.1, 0.15) is 39.7 Å². The fourth-order valence-electron chi connectivity index (χ4n) is 1.91. The quantitative estimate of drug-likeness (QED) is 0.798. The van der Waals surface area contributed by atoms with E-state index >= 15 is 0 Å². The second-order valence-electron chi connectivity index (χ2n) is 4.65. The Morgan fingerprint density at radius 2 is 1.89 bits per heavy atom. The Morgan fingerprint density at radius 1 is 1.22 bits per heavy atom. The summed E-state index contributed by atoms with van der Waals surface area (Å²) < 4.78 is 13.8. The average molecular weight is 252 g/mol. The van der Waals surface area contributed by atoms with Crippen molar-refractivity contribution in [2.24, 2.45) is 0 Å². The second kappa shape index (κ2) is 7.37. The number of benzene rings is 1. The van der Waals surface area contributed by atoms with Gasteiger partial charge in [-0.05, 0) is 44.9 Å². The molecule has 0 bridgehead atoms. The highest BCUT2D eigenvalue weighted by Gasteiger charge is 2.09. The van der Waals surface area contributed by atoms with Gasteiger partial charge in [-0.1, -0.05) is 13.0 Å². The van der Waals surface area contributed by atoms with Gasteiger partial charge in [0.1, 0.15) is 5.82 Å². The van der Waals surface area contributed by atoms with Gasteiger partial charge in [-0.3, -0.25) is 0 Å². The first-order valence-corrected chi connectivity index (χ1v) is 6.89. The van der Waals surface area contributed by atoms with E-state index in [1.54, 1.807) is 6.07 Å². The monoisotopic (exact) mass is 252 g/mol. The van der Waals surface area contributed by atoms with Gasteiger partial charge in [-0.25, -0.2) is 4.39 Å². The molecule has 0 aliphatic heterocycles. The lowest BCUT2D eigenvalue weighted by Gasteiger charge is -2.22. The van der Waals surface area contributed by atoms with E-state index in [9.17, 15) is 4.39 Å². The van der Waals surface area contributed by atoms with E-state index in [0.29, 0.717) is 11.7 Å². The van der Waals surface area contributed by atoms with Crippen molar-refractivity contribution in [3.63, 3.8) is 0 Å². The molecule has 2 nitrogen and oxygen atoms in total. The summed E-state index contributed by atoms with van der Waals surface area (Å²) in [4.78, 5) is 2.04. The molecule has 0 heterocycles. The Balaban J connectivity index is 2.80. The summed E-state index contributed by atoms with van der Waals surface area (Å²) in [7, 11) is 0. The van der Waals surface area contributed by atoms with Crippen molar-refractivity contribution in [1.82, 2.24) is 5.32 Å². The fraction of sp³-hybridized carbons (Fsp3) is 0.600. The third kappa shape index (κ3) is 3.98. The van der Waals surface area contributed by atoms with E-state index in [-0.39, 0.29) is 5.82 Å². The summed E-state index contributed by atoms with van der Waals surface area (Å²) in [6, 6.07) is 5.88. The summed E-state index contributed by atoms with van der Waals surface area (Å²) in [5.41, 5.74) is 1.85. The Bertz CT molecular complexity index is 362. The predicted molar refractivity (Wildman–Crippen MR) is 76.6 cm³/mol. The van der Waals surface area contributed by atoms with Crippen molar-refractivity contribution in [3.05, 3.63) is 29.6 Å². The van der Waals surface area contributed by atoms with E-state index in [1.807, 2.05) is 30.9 Å². The fourth-order valence-corrected chi connectivity index (χ4v) is 1.91. The normalized spacial score (nSPS) is 12.5. The van der Waals surface area contributed by atoms with Crippen LogP contribution in [0.15, 0.2) is 18.2 Å². The van der Waals surface area contributed by atoms with Crippen LogP contribution < -0.4 is 10.2 Å². The van der Waals surface area contributed by atoms with Crippen LogP contribution in [0.5, 0.6) is 0 Å². The highest BCUT2D eigenvalue weighted by atomic mass is 19.1. The molecule has 0 amide bonds. The molecule has 1 unspecified atom stereocenters. The molecule has 1 aromatic carbocycles. The zero-order valence-corrected chi connectivity index (χ0v) is 12.0. The standard InChI is InChI=1S/C15H25FN2/c1-5-12(4)17-11-13-8-9-14(16)15(10-13)18(6-2)7-3/h8-10,12,17H,5-7,11H2,1-4H3. The number of hydrogen-bond donors (Lipinski definition) is 1. The van der Waals surface area contributed by atoms with Crippen LogP contribution in [-0.4, -0.2) is 19.1 Å². The molecule has 0 aliphatic rings. The highest BCUT2D eigenvalue weighted by Crippen LogP contribution is 2.20. The van der Waals surface area contributed by atoms with Crippen LogP contribution >= 0.6 is 0 Å². The Labute approximate surface area is 110 Å². The second-order valence-corrected chi connectivity index (χ2v) is 4.65. The van der Waals surface area contributed by atoms with Gasteiger partial charge in [0.05, 0.1) is 5.69 Å². The molecule has 18 heavy (non-hydrogen) atoms. The average Bonchev–Trinajstić information content (AvgIpc) is 2.40. The van der Waals surface area contributed by atoms with Crippen LogP contribution in [0.3, 0.4) is 0 Å². The van der Waals surface area contributed by atoms with Gasteiger partial charge in [0.25, 0.3) is 0 Å². The van der Waals surface area contributed by atoms with E-state index in [4.69, 9.17) is 0 Å². The number of nitrogens with zero attached hydrogens (tertiary/aromatic N) is 1. The summed E-state index contributed by atoms with van der Waals surface area (Å²) in [6.45, 7) is 10.9. The first-order valence-electron chi connectivity index (χ1n) is 6.89. The lowest BCUT2D eigenvalue weighted by molar-refractivity contribution is 0.533. The van der Waals surface area contributed by atoms with Crippen molar-refractivity contribution in [3.8, 4) is 0 Å². The molecule has 0 radical (unpaired) electrons. The van der Waals surface area contributed by atoms with Gasteiger partial charge in [-0.2, -0.15) is 0 Å². The van der Waals surface area contributed by atoms with Crippen molar-refractivity contribution in [2.75, 3.05) is 18.0 Å². The molecule has 0 aliphatic carbocycles. The Morgan fingerprint density at radius 3 is 2.44 bits per heavy atom. The first-order chi connectivity index (χ1) is 8.62. The van der Waals surface area contributed by atoms with Gasteiger partial charge in [0.2, 0.25) is 0 Å². The number of hydrogen-bond acceptors (Lipinski definition) is 2. The lowest BCUT2D eigenvalue weighted by Crippen LogP contribution is -2.25. The largest absolute Gasteiger partial charge is 0.370 e.